The Balaban J connectivity index is 1.40. The maximum absolute atomic E-state index is 5.47. The van der Waals surface area contributed by atoms with Crippen LogP contribution in [0.2, 0.25) is 0 Å². The molecular weight excluding hydrogens is 430 g/mol. The van der Waals surface area contributed by atoms with Crippen molar-refractivity contribution in [2.75, 3.05) is 49.1 Å². The number of morpholine rings is 1. The van der Waals surface area contributed by atoms with Crippen LogP contribution in [0.15, 0.2) is 71.8 Å². The third-order valence-corrected chi connectivity index (χ3v) is 5.40. The highest BCUT2D eigenvalue weighted by Crippen LogP contribution is 2.23. The second kappa shape index (κ2) is 10.1. The van der Waals surface area contributed by atoms with Gasteiger partial charge in [-0.1, -0.05) is 42.5 Å². The van der Waals surface area contributed by atoms with E-state index in [0.29, 0.717) is 44.1 Å². The zero-order valence-electron chi connectivity index (χ0n) is 18.8. The molecule has 0 aliphatic carbocycles. The Bertz CT molecular complexity index is 1310. The number of fused-ring (bicyclic) bond motifs is 1. The summed E-state index contributed by atoms with van der Waals surface area (Å²) in [6.07, 6.45) is 1.69. The molecular formula is C25H25N7O2. The Morgan fingerprint density at radius 1 is 0.912 bits per heavy atom. The third kappa shape index (κ3) is 5.21. The summed E-state index contributed by atoms with van der Waals surface area (Å²) in [6.45, 7) is 2.70. The molecule has 2 heterocycles. The zero-order chi connectivity index (χ0) is 23.2. The first-order valence-electron chi connectivity index (χ1n) is 11.0. The molecule has 172 valence electrons. The van der Waals surface area contributed by atoms with E-state index < -0.39 is 0 Å². The van der Waals surface area contributed by atoms with Crippen LogP contribution in [0.1, 0.15) is 5.56 Å². The predicted molar refractivity (Wildman–Crippen MR) is 134 cm³/mol. The first kappa shape index (κ1) is 21.6. The fraction of sp³-hybridized carbons (Fsp3) is 0.200. The van der Waals surface area contributed by atoms with Crippen molar-refractivity contribution in [3.8, 4) is 5.75 Å². The lowest BCUT2D eigenvalue weighted by Gasteiger charge is -2.27. The highest BCUT2D eigenvalue weighted by molar-refractivity contribution is 5.86. The highest BCUT2D eigenvalue weighted by atomic mass is 16.5. The molecule has 5 rings (SSSR count). The Morgan fingerprint density at radius 2 is 1.74 bits per heavy atom. The van der Waals surface area contributed by atoms with Crippen molar-refractivity contribution >= 4 is 40.5 Å². The summed E-state index contributed by atoms with van der Waals surface area (Å²) in [5, 5.41) is 9.93. The van der Waals surface area contributed by atoms with Gasteiger partial charge in [-0.3, -0.25) is 0 Å². The van der Waals surface area contributed by atoms with Gasteiger partial charge in [0.1, 0.15) is 5.75 Å². The van der Waals surface area contributed by atoms with Crippen LogP contribution in [0, 0.1) is 0 Å². The largest absolute Gasteiger partial charge is 0.497 e. The summed E-state index contributed by atoms with van der Waals surface area (Å²) in [5.74, 6) is 2.12. The van der Waals surface area contributed by atoms with Crippen LogP contribution >= 0.6 is 0 Å². The molecule has 3 aromatic carbocycles. The van der Waals surface area contributed by atoms with Gasteiger partial charge in [-0.2, -0.15) is 20.1 Å². The average Bonchev–Trinajstić information content (AvgIpc) is 2.89. The molecule has 9 nitrogen and oxygen atoms in total. The molecule has 34 heavy (non-hydrogen) atoms. The fourth-order valence-electron chi connectivity index (χ4n) is 3.66. The van der Waals surface area contributed by atoms with E-state index in [1.165, 1.54) is 5.39 Å². The lowest BCUT2D eigenvalue weighted by Crippen LogP contribution is -2.37. The van der Waals surface area contributed by atoms with Crippen molar-refractivity contribution in [1.29, 1.82) is 0 Å². The zero-order valence-corrected chi connectivity index (χ0v) is 18.8. The number of ether oxygens (including phenoxy) is 2. The average molecular weight is 456 g/mol. The first-order chi connectivity index (χ1) is 16.8. The first-order valence-corrected chi connectivity index (χ1v) is 11.0. The minimum absolute atomic E-state index is 0.346. The molecule has 1 fully saturated rings. The lowest BCUT2D eigenvalue weighted by atomic mass is 10.1. The predicted octanol–water partition coefficient (Wildman–Crippen LogP) is 4.06. The number of benzene rings is 3. The van der Waals surface area contributed by atoms with Crippen LogP contribution in [0.3, 0.4) is 0 Å². The molecule has 1 aromatic heterocycles. The third-order valence-electron chi connectivity index (χ3n) is 5.40. The van der Waals surface area contributed by atoms with Gasteiger partial charge in [0, 0.05) is 18.8 Å². The smallest absolute Gasteiger partial charge is 0.250 e. The quantitative estimate of drug-likeness (QED) is 0.318. The van der Waals surface area contributed by atoms with Crippen molar-refractivity contribution in [1.82, 2.24) is 15.0 Å². The number of nitrogens with one attached hydrogen (secondary N) is 2. The Hall–Kier alpha value is -4.24. The number of aromatic nitrogens is 3. The van der Waals surface area contributed by atoms with E-state index in [9.17, 15) is 0 Å². The van der Waals surface area contributed by atoms with E-state index in [0.717, 1.165) is 22.4 Å². The van der Waals surface area contributed by atoms with Gasteiger partial charge in [0.15, 0.2) is 0 Å². The molecule has 0 bridgehead atoms. The number of hydrazone groups is 1. The van der Waals surface area contributed by atoms with Crippen LogP contribution < -0.4 is 20.4 Å². The minimum atomic E-state index is 0.346. The van der Waals surface area contributed by atoms with Gasteiger partial charge in [-0.25, -0.2) is 5.43 Å². The molecule has 0 unspecified atom stereocenters. The number of methoxy groups -OCH3 is 1. The van der Waals surface area contributed by atoms with Crippen molar-refractivity contribution in [2.45, 2.75) is 0 Å². The van der Waals surface area contributed by atoms with E-state index in [1.807, 2.05) is 42.5 Å². The topological polar surface area (TPSA) is 96.8 Å². The van der Waals surface area contributed by atoms with Crippen LogP contribution in [-0.2, 0) is 4.74 Å². The highest BCUT2D eigenvalue weighted by Gasteiger charge is 2.17. The van der Waals surface area contributed by atoms with E-state index in [-0.39, 0.29) is 0 Å². The number of anilines is 4. The number of rotatable bonds is 7. The van der Waals surface area contributed by atoms with Gasteiger partial charge in [0.25, 0.3) is 0 Å². The maximum atomic E-state index is 5.47. The maximum Gasteiger partial charge on any atom is 0.250 e. The molecule has 1 aliphatic rings. The summed E-state index contributed by atoms with van der Waals surface area (Å²) in [4.78, 5) is 15.8. The van der Waals surface area contributed by atoms with E-state index in [4.69, 9.17) is 9.47 Å². The Labute approximate surface area is 197 Å². The number of nitrogens with zero attached hydrogens (tertiary/aromatic N) is 5. The van der Waals surface area contributed by atoms with Crippen LogP contribution in [0.5, 0.6) is 5.75 Å². The van der Waals surface area contributed by atoms with Crippen molar-refractivity contribution < 1.29 is 9.47 Å². The molecule has 1 saturated heterocycles. The summed E-state index contributed by atoms with van der Waals surface area (Å²) < 4.78 is 10.7. The Kier molecular flexibility index (Phi) is 6.44. The molecule has 4 aromatic rings. The summed E-state index contributed by atoms with van der Waals surface area (Å²) >= 11 is 0. The van der Waals surface area contributed by atoms with Crippen LogP contribution in [0.4, 0.5) is 23.5 Å². The van der Waals surface area contributed by atoms with Gasteiger partial charge < -0.3 is 19.7 Å². The Morgan fingerprint density at radius 3 is 2.59 bits per heavy atom. The molecule has 1 aliphatic heterocycles. The summed E-state index contributed by atoms with van der Waals surface area (Å²) in [7, 11) is 1.64. The molecule has 0 atom stereocenters. The van der Waals surface area contributed by atoms with Crippen molar-refractivity contribution in [3.05, 3.63) is 72.3 Å². The van der Waals surface area contributed by atoms with Gasteiger partial charge in [-0.05, 0) is 40.6 Å². The fourth-order valence-corrected chi connectivity index (χ4v) is 3.66. The van der Waals surface area contributed by atoms with E-state index >= 15 is 0 Å². The van der Waals surface area contributed by atoms with Crippen LogP contribution in [0.25, 0.3) is 10.8 Å². The summed E-state index contributed by atoms with van der Waals surface area (Å²) in [6, 6.07) is 22.0. The normalized spacial score (nSPS) is 13.9. The van der Waals surface area contributed by atoms with Gasteiger partial charge in [-0.15, -0.1) is 0 Å². The van der Waals surface area contributed by atoms with Crippen molar-refractivity contribution in [2.24, 2.45) is 5.10 Å². The summed E-state index contributed by atoms with van der Waals surface area (Å²) in [5.41, 5.74) is 4.72. The SMILES string of the molecule is COc1cccc(/C=N\Nc2nc(Nc3ccc4ccccc4c3)nc(N3CCOCC3)n2)c1. The van der Waals surface area contributed by atoms with E-state index in [1.54, 1.807) is 13.3 Å². The van der Waals surface area contributed by atoms with E-state index in [2.05, 4.69) is 60.0 Å². The van der Waals surface area contributed by atoms with Crippen molar-refractivity contribution in [3.63, 3.8) is 0 Å². The molecule has 0 saturated carbocycles. The molecule has 0 radical (unpaired) electrons. The molecule has 0 spiro atoms. The lowest BCUT2D eigenvalue weighted by molar-refractivity contribution is 0.122. The van der Waals surface area contributed by atoms with Gasteiger partial charge >= 0.3 is 0 Å². The van der Waals surface area contributed by atoms with Gasteiger partial charge in [0.2, 0.25) is 17.8 Å². The number of hydrogen-bond acceptors (Lipinski definition) is 9. The second-order valence-electron chi connectivity index (χ2n) is 7.72. The molecule has 0 amide bonds. The standard InChI is InChI=1S/C25H25N7O2/c1-33-22-8-4-5-18(15-22)17-26-31-24-28-23(29-25(30-24)32-11-13-34-14-12-32)27-21-10-9-19-6-2-3-7-20(19)16-21/h2-10,15-17H,11-14H2,1H3,(H2,27,28,29,30,31)/b26-17-. The molecule has 9 heteroatoms. The molecule has 2 N–H and O–H groups in total. The minimum Gasteiger partial charge on any atom is -0.497 e. The second-order valence-corrected chi connectivity index (χ2v) is 7.72. The van der Waals surface area contributed by atoms with Crippen LogP contribution in [-0.4, -0.2) is 54.6 Å². The monoisotopic (exact) mass is 455 g/mol. The van der Waals surface area contributed by atoms with Gasteiger partial charge in [0.05, 0.1) is 26.5 Å². The number of hydrogen-bond donors (Lipinski definition) is 2.